The summed E-state index contributed by atoms with van der Waals surface area (Å²) >= 11 is 0. The molecule has 0 saturated heterocycles. The molecule has 0 aromatic rings. The summed E-state index contributed by atoms with van der Waals surface area (Å²) < 4.78 is 3.93. The van der Waals surface area contributed by atoms with Crippen LogP contribution in [0.3, 0.4) is 0 Å². The highest BCUT2D eigenvalue weighted by molar-refractivity contribution is 6.03. The molecule has 0 rings (SSSR count). The van der Waals surface area contributed by atoms with E-state index in [1.54, 1.807) is 0 Å². The minimum Gasteiger partial charge on any atom is -0.235 e. The van der Waals surface area contributed by atoms with Crippen molar-refractivity contribution in [1.29, 1.82) is 0 Å². The van der Waals surface area contributed by atoms with E-state index in [1.807, 2.05) is 42.4 Å². The van der Waals surface area contributed by atoms with E-state index < -0.39 is 0 Å². The maximum Gasteiger partial charge on any atom is 0.207 e. The third-order valence-corrected chi connectivity index (χ3v) is 1.77. The summed E-state index contributed by atoms with van der Waals surface area (Å²) in [4.78, 5) is 0. The number of allylic oxidation sites excluding steroid dienone is 2. The lowest BCUT2D eigenvalue weighted by Crippen LogP contribution is -2.12. The van der Waals surface area contributed by atoms with Crippen LogP contribution in [0.1, 0.15) is 13.8 Å². The zero-order valence-corrected chi connectivity index (χ0v) is 9.17. The molecule has 0 aromatic heterocycles. The van der Waals surface area contributed by atoms with Gasteiger partial charge in [0.2, 0.25) is 5.71 Å². The zero-order chi connectivity index (χ0) is 10.4. The van der Waals surface area contributed by atoms with Crippen LogP contribution in [0.15, 0.2) is 24.4 Å². The number of hydrogen-bond donors (Lipinski definition) is 0. The SMILES string of the molecule is C=C(C)C(/C=C/[N+](=C)CC)=[N+](C)C. The first kappa shape index (κ1) is 11.8. The number of hydrogen-bond acceptors (Lipinski definition) is 0. The summed E-state index contributed by atoms with van der Waals surface area (Å²) in [6, 6.07) is 0. The van der Waals surface area contributed by atoms with Crippen molar-refractivity contribution in [1.82, 2.24) is 0 Å². The second-order valence-corrected chi connectivity index (χ2v) is 3.28. The molecular weight excluding hydrogens is 160 g/mol. The summed E-state index contributed by atoms with van der Waals surface area (Å²) in [6.45, 7) is 12.7. The Balaban J connectivity index is 4.66. The van der Waals surface area contributed by atoms with Gasteiger partial charge in [-0.25, -0.2) is 9.15 Å². The summed E-state index contributed by atoms with van der Waals surface area (Å²) in [7, 11) is 4.02. The van der Waals surface area contributed by atoms with Crippen LogP contribution in [-0.2, 0) is 0 Å². The molecule has 0 unspecified atom stereocenters. The highest BCUT2D eigenvalue weighted by Gasteiger charge is 2.05. The standard InChI is InChI=1S/C11H20N2/c1-7-13(6)9-8-11(10(2)3)12(4)5/h8-9H,2,6-7H2,1,3-5H3/q+2/b9-8+. The van der Waals surface area contributed by atoms with Crippen LogP contribution in [0.5, 0.6) is 0 Å². The van der Waals surface area contributed by atoms with E-state index in [0.29, 0.717) is 0 Å². The summed E-state index contributed by atoms with van der Waals surface area (Å²) in [5.74, 6) is 0. The lowest BCUT2D eigenvalue weighted by atomic mass is 10.2. The summed E-state index contributed by atoms with van der Waals surface area (Å²) in [6.07, 6.45) is 3.99. The molecule has 0 aliphatic carbocycles. The van der Waals surface area contributed by atoms with Crippen molar-refractivity contribution in [2.75, 3.05) is 20.6 Å². The van der Waals surface area contributed by atoms with Crippen LogP contribution in [0.4, 0.5) is 0 Å². The van der Waals surface area contributed by atoms with Gasteiger partial charge in [0, 0.05) is 5.57 Å². The molecule has 0 bridgehead atoms. The van der Waals surface area contributed by atoms with E-state index in [0.717, 1.165) is 17.8 Å². The van der Waals surface area contributed by atoms with Gasteiger partial charge < -0.3 is 0 Å². The third-order valence-electron chi connectivity index (χ3n) is 1.77. The maximum atomic E-state index is 3.91. The Labute approximate surface area is 81.2 Å². The Bertz CT molecular complexity index is 266. The van der Waals surface area contributed by atoms with Crippen molar-refractivity contribution in [3.63, 3.8) is 0 Å². The Kier molecular flexibility index (Phi) is 4.97. The van der Waals surface area contributed by atoms with Crippen molar-refractivity contribution in [2.24, 2.45) is 0 Å². The molecule has 0 aliphatic rings. The van der Waals surface area contributed by atoms with Gasteiger partial charge in [0.25, 0.3) is 0 Å². The van der Waals surface area contributed by atoms with Gasteiger partial charge in [0.15, 0.2) is 6.20 Å². The van der Waals surface area contributed by atoms with Gasteiger partial charge in [-0.3, -0.25) is 0 Å². The maximum absolute atomic E-state index is 3.91. The third kappa shape index (κ3) is 4.41. The molecule has 13 heavy (non-hydrogen) atoms. The van der Waals surface area contributed by atoms with Gasteiger partial charge >= 0.3 is 0 Å². The van der Waals surface area contributed by atoms with E-state index in [1.165, 1.54) is 0 Å². The molecule has 0 saturated carbocycles. The largest absolute Gasteiger partial charge is 0.235 e. The van der Waals surface area contributed by atoms with E-state index in [9.17, 15) is 0 Å². The van der Waals surface area contributed by atoms with Crippen LogP contribution in [0.2, 0.25) is 0 Å². The molecule has 2 nitrogen and oxygen atoms in total. The molecule has 0 aliphatic heterocycles. The normalized spacial score (nSPS) is 10.2. The average Bonchev–Trinajstić information content (AvgIpc) is 2.03. The molecule has 0 aromatic carbocycles. The van der Waals surface area contributed by atoms with Crippen LogP contribution in [-0.4, -0.2) is 42.2 Å². The van der Waals surface area contributed by atoms with E-state index in [2.05, 4.69) is 20.2 Å². The smallest absolute Gasteiger partial charge is 0.207 e. The van der Waals surface area contributed by atoms with Crippen molar-refractivity contribution in [2.45, 2.75) is 13.8 Å². The van der Waals surface area contributed by atoms with Crippen LogP contribution >= 0.6 is 0 Å². The van der Waals surface area contributed by atoms with Crippen LogP contribution in [0.25, 0.3) is 0 Å². The van der Waals surface area contributed by atoms with Crippen LogP contribution < -0.4 is 0 Å². The second-order valence-electron chi connectivity index (χ2n) is 3.28. The van der Waals surface area contributed by atoms with Crippen molar-refractivity contribution in [3.8, 4) is 0 Å². The van der Waals surface area contributed by atoms with Gasteiger partial charge in [-0.2, -0.15) is 0 Å². The van der Waals surface area contributed by atoms with Gasteiger partial charge in [0.05, 0.1) is 6.08 Å². The molecule has 2 heteroatoms. The average molecular weight is 180 g/mol. The second kappa shape index (κ2) is 5.46. The van der Waals surface area contributed by atoms with Gasteiger partial charge in [-0.15, -0.1) is 0 Å². The highest BCUT2D eigenvalue weighted by atomic mass is 15.0. The van der Waals surface area contributed by atoms with E-state index in [-0.39, 0.29) is 0 Å². The fraction of sp³-hybridized carbons (Fsp3) is 0.455. The van der Waals surface area contributed by atoms with Crippen molar-refractivity contribution >= 4 is 12.4 Å². The number of nitrogens with zero attached hydrogens (tertiary/aromatic N) is 2. The van der Waals surface area contributed by atoms with E-state index in [4.69, 9.17) is 0 Å². The lowest BCUT2D eigenvalue weighted by molar-refractivity contribution is -0.464. The molecule has 0 spiro atoms. The van der Waals surface area contributed by atoms with Gasteiger partial charge in [-0.05, 0) is 13.8 Å². The van der Waals surface area contributed by atoms with Crippen LogP contribution in [0, 0.1) is 0 Å². The molecular formula is C11H20N2+2. The van der Waals surface area contributed by atoms with Gasteiger partial charge in [-0.1, -0.05) is 6.58 Å². The minimum atomic E-state index is 0.910. The summed E-state index contributed by atoms with van der Waals surface area (Å²) in [5.41, 5.74) is 2.19. The van der Waals surface area contributed by atoms with Gasteiger partial charge in [0.1, 0.15) is 27.4 Å². The monoisotopic (exact) mass is 180 g/mol. The Morgan fingerprint density at radius 2 is 1.92 bits per heavy atom. The summed E-state index contributed by atoms with van der Waals surface area (Å²) in [5, 5.41) is 0. The molecule has 0 heterocycles. The van der Waals surface area contributed by atoms with E-state index >= 15 is 0 Å². The zero-order valence-electron chi connectivity index (χ0n) is 9.17. The molecule has 0 atom stereocenters. The Morgan fingerprint density at radius 3 is 2.23 bits per heavy atom. The minimum absolute atomic E-state index is 0.910. The molecule has 0 N–H and O–H groups in total. The topological polar surface area (TPSA) is 6.02 Å². The predicted octanol–water partition coefficient (Wildman–Crippen LogP) is 1.52. The first-order valence-corrected chi connectivity index (χ1v) is 4.44. The van der Waals surface area contributed by atoms with Crippen molar-refractivity contribution in [3.05, 3.63) is 24.4 Å². The first-order chi connectivity index (χ1) is 5.99. The Hall–Kier alpha value is -1.18. The molecule has 72 valence electrons. The fourth-order valence-electron chi connectivity index (χ4n) is 0.954. The first-order valence-electron chi connectivity index (χ1n) is 4.44. The lowest BCUT2D eigenvalue weighted by Gasteiger charge is -1.95. The molecule has 0 fully saturated rings. The molecule has 0 radical (unpaired) electrons. The van der Waals surface area contributed by atoms with Crippen molar-refractivity contribution < 1.29 is 9.15 Å². The predicted molar refractivity (Wildman–Crippen MR) is 59.0 cm³/mol. The fourth-order valence-corrected chi connectivity index (χ4v) is 0.954. The number of rotatable bonds is 4. The molecule has 0 amide bonds. The quantitative estimate of drug-likeness (QED) is 0.457. The highest BCUT2D eigenvalue weighted by Crippen LogP contribution is 1.94. The Morgan fingerprint density at radius 1 is 1.38 bits per heavy atom.